The van der Waals surface area contributed by atoms with Gasteiger partial charge in [-0.1, -0.05) is 29.8 Å². The normalized spacial score (nSPS) is 11.8. The molecule has 2 amide bonds. The zero-order valence-corrected chi connectivity index (χ0v) is 17.4. The Morgan fingerprint density at radius 3 is 2.36 bits per heavy atom. The number of carbonyl (C=O) groups excluding carboxylic acids is 3. The van der Waals surface area contributed by atoms with Gasteiger partial charge in [-0.3, -0.25) is 14.4 Å². The van der Waals surface area contributed by atoms with Crippen LogP contribution in [-0.2, 0) is 20.9 Å². The average molecular weight is 403 g/mol. The second-order valence-electron chi connectivity index (χ2n) is 6.86. The summed E-state index contributed by atoms with van der Waals surface area (Å²) >= 11 is 1.31. The third-order valence-electron chi connectivity index (χ3n) is 3.92. The summed E-state index contributed by atoms with van der Waals surface area (Å²) in [4.78, 5) is 37.3. The SMILES string of the molecule is CC(=O)NCc1ccc(C(=O)NC(CC(=O)OC(C)C)c2ccc(C)cc2)s1. The largest absolute Gasteiger partial charge is 0.463 e. The van der Waals surface area contributed by atoms with Crippen LogP contribution in [0.3, 0.4) is 0 Å². The van der Waals surface area contributed by atoms with E-state index in [1.165, 1.54) is 18.3 Å². The molecule has 0 saturated heterocycles. The molecular weight excluding hydrogens is 376 g/mol. The summed E-state index contributed by atoms with van der Waals surface area (Å²) in [7, 11) is 0. The summed E-state index contributed by atoms with van der Waals surface area (Å²) in [5.74, 6) is -0.747. The van der Waals surface area contributed by atoms with Crippen LogP contribution in [0.5, 0.6) is 0 Å². The average Bonchev–Trinajstić information content (AvgIpc) is 3.08. The molecule has 0 fully saturated rings. The number of benzene rings is 1. The molecule has 0 saturated carbocycles. The molecule has 1 unspecified atom stereocenters. The Labute approximate surface area is 169 Å². The first kappa shape index (κ1) is 21.6. The van der Waals surface area contributed by atoms with Crippen molar-refractivity contribution in [3.05, 3.63) is 57.3 Å². The van der Waals surface area contributed by atoms with Gasteiger partial charge in [0.1, 0.15) is 0 Å². The van der Waals surface area contributed by atoms with E-state index in [0.29, 0.717) is 11.4 Å². The number of aryl methyl sites for hydroxylation is 1. The van der Waals surface area contributed by atoms with Gasteiger partial charge in [-0.15, -0.1) is 11.3 Å². The van der Waals surface area contributed by atoms with Crippen molar-refractivity contribution in [1.82, 2.24) is 10.6 Å². The standard InChI is InChI=1S/C21H26N2O4S/c1-13(2)27-20(25)11-18(16-7-5-14(3)6-8-16)23-21(26)19-10-9-17(28-19)12-22-15(4)24/h5-10,13,18H,11-12H2,1-4H3,(H,22,24)(H,23,26). The van der Waals surface area contributed by atoms with Crippen molar-refractivity contribution in [1.29, 1.82) is 0 Å². The number of hydrogen-bond acceptors (Lipinski definition) is 5. The molecule has 1 aromatic carbocycles. The van der Waals surface area contributed by atoms with E-state index in [2.05, 4.69) is 10.6 Å². The smallest absolute Gasteiger partial charge is 0.308 e. The monoisotopic (exact) mass is 402 g/mol. The molecular formula is C21H26N2O4S. The number of carbonyl (C=O) groups is 3. The highest BCUT2D eigenvalue weighted by Crippen LogP contribution is 2.22. The van der Waals surface area contributed by atoms with Gasteiger partial charge in [-0.2, -0.15) is 0 Å². The fraction of sp³-hybridized carbons (Fsp3) is 0.381. The van der Waals surface area contributed by atoms with Gasteiger partial charge in [0.25, 0.3) is 5.91 Å². The maximum absolute atomic E-state index is 12.7. The highest BCUT2D eigenvalue weighted by atomic mass is 32.1. The van der Waals surface area contributed by atoms with E-state index in [0.717, 1.165) is 16.0 Å². The second-order valence-corrected chi connectivity index (χ2v) is 8.02. The molecule has 2 N–H and O–H groups in total. The summed E-state index contributed by atoms with van der Waals surface area (Å²) in [6.45, 7) is 7.39. The Morgan fingerprint density at radius 2 is 1.75 bits per heavy atom. The van der Waals surface area contributed by atoms with E-state index < -0.39 is 6.04 Å². The van der Waals surface area contributed by atoms with Crippen molar-refractivity contribution in [3.63, 3.8) is 0 Å². The summed E-state index contributed by atoms with van der Waals surface area (Å²) in [6.07, 6.45) is -0.160. The van der Waals surface area contributed by atoms with E-state index in [1.54, 1.807) is 19.9 Å². The van der Waals surface area contributed by atoms with Crippen LogP contribution in [0.1, 0.15) is 58.9 Å². The third kappa shape index (κ3) is 6.81. The van der Waals surface area contributed by atoms with Crippen LogP contribution in [0.2, 0.25) is 0 Å². The molecule has 2 rings (SSSR count). The first-order valence-corrected chi connectivity index (χ1v) is 9.96. The quantitative estimate of drug-likeness (QED) is 0.662. The van der Waals surface area contributed by atoms with Crippen molar-refractivity contribution in [3.8, 4) is 0 Å². The molecule has 7 heteroatoms. The Balaban J connectivity index is 2.12. The number of thiophene rings is 1. The van der Waals surface area contributed by atoms with Gasteiger partial charge in [-0.05, 0) is 38.5 Å². The van der Waals surface area contributed by atoms with Crippen LogP contribution in [0, 0.1) is 6.92 Å². The molecule has 28 heavy (non-hydrogen) atoms. The fourth-order valence-electron chi connectivity index (χ4n) is 2.56. The van der Waals surface area contributed by atoms with Crippen molar-refractivity contribution < 1.29 is 19.1 Å². The maximum Gasteiger partial charge on any atom is 0.308 e. The molecule has 150 valence electrons. The lowest BCUT2D eigenvalue weighted by Gasteiger charge is -2.19. The zero-order valence-electron chi connectivity index (χ0n) is 16.6. The molecule has 0 aliphatic heterocycles. The van der Waals surface area contributed by atoms with Gasteiger partial charge in [0.15, 0.2) is 0 Å². The van der Waals surface area contributed by atoms with Crippen LogP contribution < -0.4 is 10.6 Å². The molecule has 1 aromatic heterocycles. The molecule has 6 nitrogen and oxygen atoms in total. The number of ether oxygens (including phenoxy) is 1. The van der Waals surface area contributed by atoms with Gasteiger partial charge in [0, 0.05) is 11.8 Å². The van der Waals surface area contributed by atoms with Gasteiger partial charge in [0.2, 0.25) is 5.91 Å². The predicted molar refractivity (Wildman–Crippen MR) is 109 cm³/mol. The van der Waals surface area contributed by atoms with Crippen molar-refractivity contribution in [2.45, 2.75) is 52.8 Å². The van der Waals surface area contributed by atoms with Crippen LogP contribution >= 0.6 is 11.3 Å². The number of nitrogens with one attached hydrogen (secondary N) is 2. The Bertz CT molecular complexity index is 827. The summed E-state index contributed by atoms with van der Waals surface area (Å²) in [5.41, 5.74) is 1.94. The van der Waals surface area contributed by atoms with Crippen LogP contribution in [-0.4, -0.2) is 23.9 Å². The predicted octanol–water partition coefficient (Wildman–Crippen LogP) is 3.51. The summed E-state index contributed by atoms with van der Waals surface area (Å²) in [6, 6.07) is 10.7. The summed E-state index contributed by atoms with van der Waals surface area (Å²) < 4.78 is 5.24. The topological polar surface area (TPSA) is 84.5 Å². The Kier molecular flexibility index (Phi) is 7.75. The van der Waals surface area contributed by atoms with Crippen LogP contribution in [0.15, 0.2) is 36.4 Å². The molecule has 1 atom stereocenters. The number of amides is 2. The van der Waals surface area contributed by atoms with Crippen LogP contribution in [0.4, 0.5) is 0 Å². The molecule has 0 aliphatic carbocycles. The lowest BCUT2D eigenvalue weighted by atomic mass is 10.0. The Morgan fingerprint density at radius 1 is 1.07 bits per heavy atom. The summed E-state index contributed by atoms with van der Waals surface area (Å²) in [5, 5.41) is 5.64. The molecule has 0 radical (unpaired) electrons. The van der Waals surface area contributed by atoms with Crippen molar-refractivity contribution in [2.24, 2.45) is 0 Å². The molecule has 0 bridgehead atoms. The molecule has 1 heterocycles. The lowest BCUT2D eigenvalue weighted by molar-refractivity contribution is -0.148. The minimum Gasteiger partial charge on any atom is -0.463 e. The van der Waals surface area contributed by atoms with Gasteiger partial charge in [0.05, 0.1) is 30.0 Å². The third-order valence-corrected chi connectivity index (χ3v) is 5.00. The first-order chi connectivity index (χ1) is 13.2. The first-order valence-electron chi connectivity index (χ1n) is 9.14. The molecule has 2 aromatic rings. The van der Waals surface area contributed by atoms with Crippen LogP contribution in [0.25, 0.3) is 0 Å². The lowest BCUT2D eigenvalue weighted by Crippen LogP contribution is -2.30. The van der Waals surface area contributed by atoms with E-state index in [9.17, 15) is 14.4 Å². The second kappa shape index (κ2) is 10.0. The molecule has 0 spiro atoms. The highest BCUT2D eigenvalue weighted by Gasteiger charge is 2.21. The number of esters is 1. The van der Waals surface area contributed by atoms with Gasteiger partial charge in [-0.25, -0.2) is 0 Å². The van der Waals surface area contributed by atoms with E-state index >= 15 is 0 Å². The number of rotatable bonds is 8. The fourth-order valence-corrected chi connectivity index (χ4v) is 3.42. The zero-order chi connectivity index (χ0) is 20.7. The highest BCUT2D eigenvalue weighted by molar-refractivity contribution is 7.14. The molecule has 0 aliphatic rings. The van der Waals surface area contributed by atoms with Gasteiger partial charge >= 0.3 is 5.97 Å². The van der Waals surface area contributed by atoms with E-state index in [4.69, 9.17) is 4.74 Å². The van der Waals surface area contributed by atoms with Crippen molar-refractivity contribution >= 4 is 29.1 Å². The minimum atomic E-state index is -0.486. The maximum atomic E-state index is 12.7. The Hall–Kier alpha value is -2.67. The van der Waals surface area contributed by atoms with Gasteiger partial charge < -0.3 is 15.4 Å². The van der Waals surface area contributed by atoms with Crippen molar-refractivity contribution in [2.75, 3.05) is 0 Å². The van der Waals surface area contributed by atoms with E-state index in [-0.39, 0.29) is 30.3 Å². The number of hydrogen-bond donors (Lipinski definition) is 2. The van der Waals surface area contributed by atoms with E-state index in [1.807, 2.05) is 37.3 Å². The minimum absolute atomic E-state index is 0.0527.